The topological polar surface area (TPSA) is 81.1 Å². The van der Waals surface area contributed by atoms with E-state index in [4.69, 9.17) is 0 Å². The average Bonchev–Trinajstić information content (AvgIpc) is 2.99. The summed E-state index contributed by atoms with van der Waals surface area (Å²) in [6.45, 7) is 0.0986. The minimum absolute atomic E-state index is 0.0741. The first-order valence-corrected chi connectivity index (χ1v) is 7.51. The Morgan fingerprint density at radius 3 is 2.76 bits per heavy atom. The number of hydrogen-bond acceptors (Lipinski definition) is 5. The van der Waals surface area contributed by atoms with Gasteiger partial charge in [-0.3, -0.25) is 4.79 Å². The highest BCUT2D eigenvalue weighted by Crippen LogP contribution is 2.23. The number of hydrogen-bond donors (Lipinski definition) is 1. The van der Waals surface area contributed by atoms with Crippen molar-refractivity contribution in [2.75, 3.05) is 17.3 Å². The summed E-state index contributed by atoms with van der Waals surface area (Å²) in [5.74, 6) is -0.0741. The number of nitrogens with one attached hydrogen (secondary N) is 1. The van der Waals surface area contributed by atoms with E-state index < -0.39 is 9.84 Å². The highest BCUT2D eigenvalue weighted by molar-refractivity contribution is 7.90. The van der Waals surface area contributed by atoms with Gasteiger partial charge in [-0.2, -0.15) is 5.10 Å². The van der Waals surface area contributed by atoms with Crippen LogP contribution in [0.5, 0.6) is 0 Å². The quantitative estimate of drug-likeness (QED) is 0.794. The molecule has 0 amide bonds. The summed E-state index contributed by atoms with van der Waals surface area (Å²) >= 11 is 0. The molecule has 1 fully saturated rings. The predicted octanol–water partition coefficient (Wildman–Crippen LogP) is -0.138. The summed E-state index contributed by atoms with van der Waals surface area (Å²) in [7, 11) is -3.07. The van der Waals surface area contributed by atoms with Crippen LogP contribution >= 0.6 is 0 Å². The molecule has 94 valence electrons. The van der Waals surface area contributed by atoms with Crippen LogP contribution in [0, 0.1) is 0 Å². The molecule has 0 spiro atoms. The number of nitrogens with zero attached hydrogens (tertiary/aromatic N) is 2. The predicted molar refractivity (Wildman–Crippen MR) is 64.9 cm³/mol. The Kier molecular flexibility index (Phi) is 3.19. The van der Waals surface area contributed by atoms with Crippen LogP contribution in [0.3, 0.4) is 0 Å². The molecule has 7 heteroatoms. The maximum Gasteiger partial charge on any atom is 0.268 e. The lowest BCUT2D eigenvalue weighted by Crippen LogP contribution is -2.26. The molecule has 17 heavy (non-hydrogen) atoms. The molecule has 1 saturated carbocycles. The molecule has 1 aromatic rings. The maximum absolute atomic E-state index is 11.6. The van der Waals surface area contributed by atoms with Crippen molar-refractivity contribution in [3.8, 4) is 0 Å². The third kappa shape index (κ3) is 3.85. The second-order valence-electron chi connectivity index (χ2n) is 4.35. The molecule has 1 aromatic heterocycles. The van der Waals surface area contributed by atoms with Crippen LogP contribution in [0.15, 0.2) is 17.1 Å². The van der Waals surface area contributed by atoms with Crippen molar-refractivity contribution in [3.63, 3.8) is 0 Å². The van der Waals surface area contributed by atoms with E-state index in [1.807, 2.05) is 0 Å². The van der Waals surface area contributed by atoms with Crippen LogP contribution in [-0.4, -0.2) is 36.2 Å². The monoisotopic (exact) mass is 257 g/mol. The van der Waals surface area contributed by atoms with Gasteiger partial charge in [-0.25, -0.2) is 13.1 Å². The van der Waals surface area contributed by atoms with Crippen molar-refractivity contribution in [2.45, 2.75) is 25.4 Å². The van der Waals surface area contributed by atoms with Crippen LogP contribution in [-0.2, 0) is 16.4 Å². The third-order valence-electron chi connectivity index (χ3n) is 2.49. The zero-order valence-corrected chi connectivity index (χ0v) is 10.4. The van der Waals surface area contributed by atoms with E-state index in [1.54, 1.807) is 6.20 Å². The Morgan fingerprint density at radius 2 is 2.24 bits per heavy atom. The van der Waals surface area contributed by atoms with Crippen molar-refractivity contribution in [2.24, 2.45) is 0 Å². The molecule has 0 radical (unpaired) electrons. The van der Waals surface area contributed by atoms with Crippen molar-refractivity contribution < 1.29 is 8.42 Å². The number of anilines is 1. The molecule has 0 bridgehead atoms. The van der Waals surface area contributed by atoms with Gasteiger partial charge in [-0.05, 0) is 12.8 Å². The fraction of sp³-hybridized carbons (Fsp3) is 0.600. The zero-order valence-electron chi connectivity index (χ0n) is 9.59. The molecule has 1 N–H and O–H groups in total. The van der Waals surface area contributed by atoms with E-state index in [2.05, 4.69) is 10.4 Å². The molecule has 0 saturated heterocycles. The van der Waals surface area contributed by atoms with Gasteiger partial charge in [0.05, 0.1) is 24.2 Å². The van der Waals surface area contributed by atoms with Gasteiger partial charge in [0.1, 0.15) is 9.84 Å². The summed E-state index contributed by atoms with van der Waals surface area (Å²) in [6, 6.07) is 1.91. The molecule has 0 atom stereocenters. The summed E-state index contributed by atoms with van der Waals surface area (Å²) in [6.07, 6.45) is 4.94. The van der Waals surface area contributed by atoms with E-state index in [0.29, 0.717) is 11.7 Å². The van der Waals surface area contributed by atoms with Gasteiger partial charge in [-0.15, -0.1) is 0 Å². The van der Waals surface area contributed by atoms with Crippen LogP contribution in [0.25, 0.3) is 0 Å². The maximum atomic E-state index is 11.6. The number of rotatable bonds is 5. The fourth-order valence-corrected chi connectivity index (χ4v) is 1.90. The molecular formula is C10H15N3O3S. The van der Waals surface area contributed by atoms with Crippen molar-refractivity contribution >= 4 is 15.5 Å². The van der Waals surface area contributed by atoms with E-state index in [0.717, 1.165) is 19.1 Å². The van der Waals surface area contributed by atoms with Crippen LogP contribution in [0.1, 0.15) is 12.8 Å². The first-order valence-electron chi connectivity index (χ1n) is 5.45. The molecular weight excluding hydrogens is 242 g/mol. The SMILES string of the molecule is CS(=O)(=O)CCn1ncc(NC2CC2)cc1=O. The Balaban J connectivity index is 2.05. The summed E-state index contributed by atoms with van der Waals surface area (Å²) < 4.78 is 23.1. The largest absolute Gasteiger partial charge is 0.381 e. The second-order valence-corrected chi connectivity index (χ2v) is 6.61. The van der Waals surface area contributed by atoms with Crippen molar-refractivity contribution in [1.29, 1.82) is 0 Å². The van der Waals surface area contributed by atoms with Crippen LogP contribution < -0.4 is 10.9 Å². The van der Waals surface area contributed by atoms with E-state index in [9.17, 15) is 13.2 Å². The molecule has 0 aromatic carbocycles. The minimum atomic E-state index is -3.07. The van der Waals surface area contributed by atoms with Gasteiger partial charge in [-0.1, -0.05) is 0 Å². The summed E-state index contributed by atoms with van der Waals surface area (Å²) in [4.78, 5) is 11.6. The minimum Gasteiger partial charge on any atom is -0.381 e. The van der Waals surface area contributed by atoms with Crippen molar-refractivity contribution in [3.05, 3.63) is 22.6 Å². The first-order chi connectivity index (χ1) is 7.94. The first kappa shape index (κ1) is 12.1. The standard InChI is InChI=1S/C10H15N3O3S/c1-17(15,16)5-4-13-10(14)6-9(7-11-13)12-8-2-3-8/h6-8,12H,2-5H2,1H3. The van der Waals surface area contributed by atoms with Gasteiger partial charge in [0.15, 0.2) is 0 Å². The van der Waals surface area contributed by atoms with Crippen molar-refractivity contribution in [1.82, 2.24) is 9.78 Å². The third-order valence-corrected chi connectivity index (χ3v) is 3.42. The average molecular weight is 257 g/mol. The van der Waals surface area contributed by atoms with Gasteiger partial charge in [0.25, 0.3) is 5.56 Å². The molecule has 0 aliphatic heterocycles. The van der Waals surface area contributed by atoms with E-state index in [-0.39, 0.29) is 17.9 Å². The van der Waals surface area contributed by atoms with Gasteiger partial charge >= 0.3 is 0 Å². The highest BCUT2D eigenvalue weighted by Gasteiger charge is 2.21. The second kappa shape index (κ2) is 4.48. The van der Waals surface area contributed by atoms with Crippen LogP contribution in [0.2, 0.25) is 0 Å². The lowest BCUT2D eigenvalue weighted by molar-refractivity contribution is 0.575. The summed E-state index contributed by atoms with van der Waals surface area (Å²) in [5, 5.41) is 7.10. The summed E-state index contributed by atoms with van der Waals surface area (Å²) in [5.41, 5.74) is 0.424. The van der Waals surface area contributed by atoms with E-state index >= 15 is 0 Å². The number of aryl methyl sites for hydroxylation is 1. The van der Waals surface area contributed by atoms with Gasteiger partial charge < -0.3 is 5.32 Å². The lowest BCUT2D eigenvalue weighted by atomic mass is 10.4. The molecule has 0 unspecified atom stereocenters. The molecule has 1 heterocycles. The smallest absolute Gasteiger partial charge is 0.268 e. The molecule has 1 aliphatic carbocycles. The van der Waals surface area contributed by atoms with Gasteiger partial charge in [0.2, 0.25) is 0 Å². The Labute approximate surface area is 99.6 Å². The van der Waals surface area contributed by atoms with Crippen LogP contribution in [0.4, 0.5) is 5.69 Å². The number of aromatic nitrogens is 2. The number of sulfone groups is 1. The lowest BCUT2D eigenvalue weighted by Gasteiger charge is -2.06. The molecule has 6 nitrogen and oxygen atoms in total. The van der Waals surface area contributed by atoms with E-state index in [1.165, 1.54) is 10.7 Å². The Bertz CT molecular complexity index is 560. The molecule has 1 aliphatic rings. The zero-order chi connectivity index (χ0) is 12.5. The molecule has 2 rings (SSSR count). The van der Waals surface area contributed by atoms with Gasteiger partial charge in [0, 0.05) is 18.4 Å². The highest BCUT2D eigenvalue weighted by atomic mass is 32.2. The Hall–Kier alpha value is -1.37. The fourth-order valence-electron chi connectivity index (χ4n) is 1.40. The Morgan fingerprint density at radius 1 is 1.53 bits per heavy atom. The normalized spacial score (nSPS) is 15.8.